The lowest BCUT2D eigenvalue weighted by molar-refractivity contribution is -0.139. The molecule has 0 aliphatic carbocycles. The quantitative estimate of drug-likeness (QED) is 0.175. The van der Waals surface area contributed by atoms with E-state index >= 15 is 0 Å². The Hall–Kier alpha value is -2.71. The van der Waals surface area contributed by atoms with Crippen LogP contribution in [0.2, 0.25) is 10.0 Å². The molecule has 0 aliphatic rings. The van der Waals surface area contributed by atoms with E-state index in [0.29, 0.717) is 46.7 Å². The number of carbonyl (C=O) groups is 1. The predicted octanol–water partition coefficient (Wildman–Crippen LogP) is 7.00. The minimum Gasteiger partial charge on any atom is -0.490 e. The number of fused-ring (bicyclic) bond motifs is 1. The van der Waals surface area contributed by atoms with Crippen LogP contribution in [0.1, 0.15) is 23.6 Å². The number of hydrogen-bond acceptors (Lipinski definition) is 4. The first-order chi connectivity index (χ1) is 17.4. The van der Waals surface area contributed by atoms with Crippen LogP contribution in [0, 0.1) is 0 Å². The molecule has 6 nitrogen and oxygen atoms in total. The lowest BCUT2D eigenvalue weighted by Gasteiger charge is -2.18. The summed E-state index contributed by atoms with van der Waals surface area (Å²) in [5.74, 6) is 0.152. The molecule has 0 spiro atoms. The first-order valence-corrected chi connectivity index (χ1v) is 12.9. The molecule has 0 saturated carbocycles. The highest BCUT2D eigenvalue weighted by Crippen LogP contribution is 2.35. The number of nitrogens with one attached hydrogen (secondary N) is 2. The highest BCUT2D eigenvalue weighted by Gasteiger charge is 2.21. The second kappa shape index (κ2) is 12.0. The van der Waals surface area contributed by atoms with E-state index in [-0.39, 0.29) is 6.61 Å². The lowest BCUT2D eigenvalue weighted by atomic mass is 10.0. The summed E-state index contributed by atoms with van der Waals surface area (Å²) in [4.78, 5) is 15.2. The zero-order chi connectivity index (χ0) is 25.7. The van der Waals surface area contributed by atoms with Crippen molar-refractivity contribution in [3.05, 3.63) is 92.0 Å². The van der Waals surface area contributed by atoms with Gasteiger partial charge >= 0.3 is 5.97 Å². The molecule has 188 valence electrons. The summed E-state index contributed by atoms with van der Waals surface area (Å²) in [6, 6.07) is 16.0. The van der Waals surface area contributed by atoms with E-state index in [1.165, 1.54) is 0 Å². The van der Waals surface area contributed by atoms with E-state index in [9.17, 15) is 9.90 Å². The van der Waals surface area contributed by atoms with Crippen molar-refractivity contribution in [3.8, 4) is 11.5 Å². The lowest BCUT2D eigenvalue weighted by Crippen LogP contribution is -2.38. The second-order valence-electron chi connectivity index (χ2n) is 8.15. The number of halogens is 3. The number of ether oxygens (including phenoxy) is 2. The average Bonchev–Trinajstić information content (AvgIpc) is 3.26. The Morgan fingerprint density at radius 2 is 1.78 bits per heavy atom. The molecule has 0 bridgehead atoms. The average molecular weight is 592 g/mol. The highest BCUT2D eigenvalue weighted by atomic mass is 79.9. The summed E-state index contributed by atoms with van der Waals surface area (Å²) in [5.41, 5.74) is 3.45. The molecule has 1 heterocycles. The van der Waals surface area contributed by atoms with Gasteiger partial charge in [0.1, 0.15) is 12.6 Å². The largest absolute Gasteiger partial charge is 0.490 e. The van der Waals surface area contributed by atoms with Crippen LogP contribution in [0.5, 0.6) is 11.5 Å². The number of carboxylic acid groups (broad SMARTS) is 1. The third kappa shape index (κ3) is 6.16. The van der Waals surface area contributed by atoms with Crippen molar-refractivity contribution in [2.45, 2.75) is 32.5 Å². The molecule has 3 N–H and O–H groups in total. The first kappa shape index (κ1) is 26.4. The monoisotopic (exact) mass is 590 g/mol. The van der Waals surface area contributed by atoms with Gasteiger partial charge in [-0.3, -0.25) is 10.1 Å². The van der Waals surface area contributed by atoms with Gasteiger partial charge in [-0.25, -0.2) is 0 Å². The molecule has 0 fully saturated rings. The molecule has 3 aromatic carbocycles. The Morgan fingerprint density at radius 3 is 2.50 bits per heavy atom. The number of rotatable bonds is 11. The highest BCUT2D eigenvalue weighted by molar-refractivity contribution is 9.10. The summed E-state index contributed by atoms with van der Waals surface area (Å²) >= 11 is 16.1. The summed E-state index contributed by atoms with van der Waals surface area (Å²) < 4.78 is 12.6. The molecule has 1 atom stereocenters. The third-order valence-corrected chi connectivity index (χ3v) is 7.23. The van der Waals surface area contributed by atoms with Crippen LogP contribution in [-0.4, -0.2) is 28.7 Å². The van der Waals surface area contributed by atoms with E-state index in [2.05, 4.69) is 26.2 Å². The number of aromatic nitrogens is 1. The normalized spacial score (nSPS) is 12.0. The Bertz CT molecular complexity index is 1360. The zero-order valence-electron chi connectivity index (χ0n) is 19.5. The number of benzene rings is 3. The van der Waals surface area contributed by atoms with E-state index < -0.39 is 12.0 Å². The van der Waals surface area contributed by atoms with E-state index in [1.54, 1.807) is 18.2 Å². The molecule has 9 heteroatoms. The van der Waals surface area contributed by atoms with Crippen LogP contribution >= 0.6 is 39.1 Å². The van der Waals surface area contributed by atoms with E-state index in [0.717, 1.165) is 26.5 Å². The molecule has 0 saturated heterocycles. The maximum atomic E-state index is 12.0. The van der Waals surface area contributed by atoms with Gasteiger partial charge in [0.05, 0.1) is 6.61 Å². The topological polar surface area (TPSA) is 83.6 Å². The fourth-order valence-electron chi connectivity index (χ4n) is 3.91. The van der Waals surface area contributed by atoms with Gasteiger partial charge in [0.25, 0.3) is 0 Å². The first-order valence-electron chi connectivity index (χ1n) is 11.4. The third-order valence-electron chi connectivity index (χ3n) is 5.78. The fraction of sp³-hybridized carbons (Fsp3) is 0.222. The predicted molar refractivity (Wildman–Crippen MR) is 146 cm³/mol. The summed E-state index contributed by atoms with van der Waals surface area (Å²) in [7, 11) is 0. The second-order valence-corrected chi connectivity index (χ2v) is 9.82. The smallest absolute Gasteiger partial charge is 0.321 e. The van der Waals surface area contributed by atoms with Gasteiger partial charge in [-0.05, 0) is 48.4 Å². The summed E-state index contributed by atoms with van der Waals surface area (Å²) in [6.07, 6.45) is 2.21. The van der Waals surface area contributed by atoms with Crippen molar-refractivity contribution >= 4 is 56.0 Å². The van der Waals surface area contributed by atoms with Crippen LogP contribution < -0.4 is 14.8 Å². The van der Waals surface area contributed by atoms with Crippen LogP contribution in [0.25, 0.3) is 10.9 Å². The molecule has 4 aromatic rings. The zero-order valence-corrected chi connectivity index (χ0v) is 22.6. The maximum absolute atomic E-state index is 12.0. The number of aromatic amines is 1. The SMILES string of the molecule is CCOc1cc(CNC(Cc2c[nH]c3ccccc23)C(=O)O)c(Br)cc1OCc1c(Cl)cccc1Cl. The molecule has 0 amide bonds. The van der Waals surface area contributed by atoms with Gasteiger partial charge in [-0.15, -0.1) is 0 Å². The number of para-hydroxylation sites is 1. The minimum absolute atomic E-state index is 0.175. The molecule has 0 aliphatic heterocycles. The molecule has 1 unspecified atom stereocenters. The molecule has 4 rings (SSSR count). The van der Waals surface area contributed by atoms with Gasteiger partial charge in [0.15, 0.2) is 11.5 Å². The molecule has 36 heavy (non-hydrogen) atoms. The standard InChI is InChI=1S/C27H25BrCl2N2O4/c1-2-35-25-11-17(20(28)12-26(25)36-15-19-21(29)7-5-8-22(19)30)14-32-24(27(33)34)10-16-13-31-23-9-4-3-6-18(16)23/h3-9,11-13,24,31-32H,2,10,14-15H2,1H3,(H,33,34). The Morgan fingerprint density at radius 1 is 1.06 bits per heavy atom. The van der Waals surface area contributed by atoms with Crippen molar-refractivity contribution in [3.63, 3.8) is 0 Å². The van der Waals surface area contributed by atoms with Gasteiger partial charge in [-0.1, -0.05) is 63.4 Å². The number of hydrogen-bond donors (Lipinski definition) is 3. The van der Waals surface area contributed by atoms with Crippen molar-refractivity contribution < 1.29 is 19.4 Å². The van der Waals surface area contributed by atoms with Crippen molar-refractivity contribution in [1.29, 1.82) is 0 Å². The van der Waals surface area contributed by atoms with Gasteiger partial charge in [-0.2, -0.15) is 0 Å². The summed E-state index contributed by atoms with van der Waals surface area (Å²) in [5, 5.41) is 15.1. The molecular formula is C27H25BrCl2N2O4. The molecular weight excluding hydrogens is 567 g/mol. The van der Waals surface area contributed by atoms with Crippen LogP contribution in [0.15, 0.2) is 65.3 Å². The van der Waals surface area contributed by atoms with E-state index in [4.69, 9.17) is 32.7 Å². The number of aliphatic carboxylic acids is 1. The van der Waals surface area contributed by atoms with Crippen LogP contribution in [0.4, 0.5) is 0 Å². The van der Waals surface area contributed by atoms with Crippen LogP contribution in [-0.2, 0) is 24.4 Å². The van der Waals surface area contributed by atoms with Crippen LogP contribution in [0.3, 0.4) is 0 Å². The molecule has 0 radical (unpaired) electrons. The maximum Gasteiger partial charge on any atom is 0.321 e. The van der Waals surface area contributed by atoms with Gasteiger partial charge in [0, 0.05) is 50.1 Å². The Labute approximate surface area is 227 Å². The van der Waals surface area contributed by atoms with Crippen molar-refractivity contribution in [2.24, 2.45) is 0 Å². The van der Waals surface area contributed by atoms with Gasteiger partial charge in [0.2, 0.25) is 0 Å². The molecule has 1 aromatic heterocycles. The summed E-state index contributed by atoms with van der Waals surface area (Å²) in [6.45, 7) is 2.82. The van der Waals surface area contributed by atoms with Gasteiger partial charge < -0.3 is 19.6 Å². The minimum atomic E-state index is -0.919. The number of H-pyrrole nitrogens is 1. The fourth-order valence-corrected chi connectivity index (χ4v) is 4.88. The van der Waals surface area contributed by atoms with Crippen molar-refractivity contribution in [2.75, 3.05) is 6.61 Å². The van der Waals surface area contributed by atoms with E-state index in [1.807, 2.05) is 49.5 Å². The Balaban J connectivity index is 1.49. The van der Waals surface area contributed by atoms with Crippen molar-refractivity contribution in [1.82, 2.24) is 10.3 Å². The number of carboxylic acids is 1. The Kier molecular flexibility index (Phi) is 8.80.